The summed E-state index contributed by atoms with van der Waals surface area (Å²) in [5, 5.41) is 14.6. The molecule has 2 aromatic carbocycles. The first-order chi connectivity index (χ1) is 16.2. The van der Waals surface area contributed by atoms with Crippen molar-refractivity contribution in [2.24, 2.45) is 5.41 Å². The molecule has 1 aliphatic rings. The Morgan fingerprint density at radius 3 is 2.18 bits per heavy atom. The van der Waals surface area contributed by atoms with Gasteiger partial charge in [-0.15, -0.1) is 0 Å². The number of nitrogens with one attached hydrogen (secondary N) is 2. The Balaban J connectivity index is 1.37. The van der Waals surface area contributed by atoms with Crippen molar-refractivity contribution < 1.29 is 24.2 Å². The maximum atomic E-state index is 12.2. The first kappa shape index (κ1) is 25.6. The van der Waals surface area contributed by atoms with E-state index in [0.29, 0.717) is 18.7 Å². The fourth-order valence-electron chi connectivity index (χ4n) is 4.09. The summed E-state index contributed by atoms with van der Waals surface area (Å²) >= 11 is 1.32. The van der Waals surface area contributed by atoms with Gasteiger partial charge in [-0.05, 0) is 34.1 Å². The zero-order chi connectivity index (χ0) is 24.7. The van der Waals surface area contributed by atoms with E-state index in [-0.39, 0.29) is 29.6 Å². The minimum atomic E-state index is -1.04. The Hall–Kier alpha value is -3.00. The van der Waals surface area contributed by atoms with Crippen molar-refractivity contribution in [3.63, 3.8) is 0 Å². The van der Waals surface area contributed by atoms with Crippen LogP contribution in [0.5, 0.6) is 0 Å². The van der Waals surface area contributed by atoms with Gasteiger partial charge in [-0.3, -0.25) is 4.79 Å². The summed E-state index contributed by atoms with van der Waals surface area (Å²) in [5.74, 6) is -0.728. The zero-order valence-corrected chi connectivity index (χ0v) is 20.6. The first-order valence-electron chi connectivity index (χ1n) is 11.3. The van der Waals surface area contributed by atoms with E-state index >= 15 is 0 Å². The molecule has 8 heteroatoms. The zero-order valence-electron chi connectivity index (χ0n) is 19.8. The van der Waals surface area contributed by atoms with Crippen LogP contribution >= 0.6 is 11.8 Å². The Morgan fingerprint density at radius 2 is 1.62 bits per heavy atom. The summed E-state index contributed by atoms with van der Waals surface area (Å²) in [6, 6.07) is 15.4. The maximum Gasteiger partial charge on any atom is 0.407 e. The molecule has 0 saturated carbocycles. The standard InChI is InChI=1S/C26H32N2O5S/c1-26(2,3)14-22(24(30)31)28-23(29)16-34-13-12-27-25(32)33-15-21-19-10-6-4-8-17(19)18-9-5-7-11-20(18)21/h4-11,21-22H,12-16H2,1-3H3,(H,27,32)(H,28,29)(H,30,31). The number of aliphatic carboxylic acids is 1. The number of carbonyl (C=O) groups excluding carboxylic acids is 2. The summed E-state index contributed by atoms with van der Waals surface area (Å²) in [6.07, 6.45) is -0.148. The van der Waals surface area contributed by atoms with Crippen molar-refractivity contribution in [3.05, 3.63) is 59.7 Å². The number of rotatable bonds is 10. The minimum Gasteiger partial charge on any atom is -0.480 e. The molecule has 1 atom stereocenters. The van der Waals surface area contributed by atoms with Crippen molar-refractivity contribution in [2.75, 3.05) is 24.7 Å². The Morgan fingerprint density at radius 1 is 1.03 bits per heavy atom. The number of ether oxygens (including phenoxy) is 1. The molecule has 2 aromatic rings. The predicted octanol–water partition coefficient (Wildman–Crippen LogP) is 4.26. The van der Waals surface area contributed by atoms with Crippen LogP contribution < -0.4 is 10.6 Å². The molecule has 2 amide bonds. The quantitative estimate of drug-likeness (QED) is 0.435. The number of carboxylic acid groups (broad SMARTS) is 1. The van der Waals surface area contributed by atoms with Crippen LogP contribution in [-0.2, 0) is 14.3 Å². The highest BCUT2D eigenvalue weighted by atomic mass is 32.2. The summed E-state index contributed by atoms with van der Waals surface area (Å²) in [5.41, 5.74) is 4.45. The van der Waals surface area contributed by atoms with E-state index in [4.69, 9.17) is 4.74 Å². The van der Waals surface area contributed by atoms with Gasteiger partial charge < -0.3 is 20.5 Å². The average Bonchev–Trinajstić information content (AvgIpc) is 3.10. The molecular weight excluding hydrogens is 452 g/mol. The van der Waals surface area contributed by atoms with E-state index in [1.807, 2.05) is 45.0 Å². The van der Waals surface area contributed by atoms with Crippen LogP contribution in [0.3, 0.4) is 0 Å². The largest absolute Gasteiger partial charge is 0.480 e. The van der Waals surface area contributed by atoms with Gasteiger partial charge in [0.15, 0.2) is 0 Å². The third kappa shape index (κ3) is 7.00. The van der Waals surface area contributed by atoms with Crippen molar-refractivity contribution in [1.82, 2.24) is 10.6 Å². The van der Waals surface area contributed by atoms with Crippen LogP contribution in [0, 0.1) is 5.41 Å². The molecule has 7 nitrogen and oxygen atoms in total. The third-order valence-corrected chi connectivity index (χ3v) is 6.50. The monoisotopic (exact) mass is 484 g/mol. The van der Waals surface area contributed by atoms with Crippen molar-refractivity contribution in [3.8, 4) is 11.1 Å². The summed E-state index contributed by atoms with van der Waals surface area (Å²) in [6.45, 7) is 6.38. The van der Waals surface area contributed by atoms with Gasteiger partial charge >= 0.3 is 12.1 Å². The van der Waals surface area contributed by atoms with Gasteiger partial charge in [0.2, 0.25) is 5.91 Å². The summed E-state index contributed by atoms with van der Waals surface area (Å²) in [7, 11) is 0. The minimum absolute atomic E-state index is 0.00602. The number of amides is 2. The summed E-state index contributed by atoms with van der Waals surface area (Å²) < 4.78 is 5.49. The molecule has 0 spiro atoms. The van der Waals surface area contributed by atoms with Gasteiger partial charge in [-0.1, -0.05) is 69.3 Å². The number of hydrogen-bond acceptors (Lipinski definition) is 5. The topological polar surface area (TPSA) is 105 Å². The lowest BCUT2D eigenvalue weighted by Gasteiger charge is -2.23. The fourth-order valence-corrected chi connectivity index (χ4v) is 4.75. The van der Waals surface area contributed by atoms with E-state index in [1.165, 1.54) is 22.9 Å². The van der Waals surface area contributed by atoms with Gasteiger partial charge in [0.1, 0.15) is 12.6 Å². The molecule has 0 fully saturated rings. The van der Waals surface area contributed by atoms with E-state index in [0.717, 1.165) is 11.1 Å². The highest BCUT2D eigenvalue weighted by Crippen LogP contribution is 2.44. The fraction of sp³-hybridized carbons (Fsp3) is 0.423. The first-order valence-corrected chi connectivity index (χ1v) is 12.5. The van der Waals surface area contributed by atoms with E-state index in [9.17, 15) is 19.5 Å². The molecule has 34 heavy (non-hydrogen) atoms. The average molecular weight is 485 g/mol. The number of fused-ring (bicyclic) bond motifs is 3. The highest BCUT2D eigenvalue weighted by Gasteiger charge is 2.29. The van der Waals surface area contributed by atoms with E-state index < -0.39 is 18.1 Å². The lowest BCUT2D eigenvalue weighted by molar-refractivity contribution is -0.142. The van der Waals surface area contributed by atoms with Gasteiger partial charge in [0.25, 0.3) is 0 Å². The Labute approximate surface area is 204 Å². The van der Waals surface area contributed by atoms with Gasteiger partial charge in [-0.2, -0.15) is 11.8 Å². The van der Waals surface area contributed by atoms with Crippen LogP contribution in [0.1, 0.15) is 44.2 Å². The number of benzene rings is 2. The van der Waals surface area contributed by atoms with Gasteiger partial charge in [-0.25, -0.2) is 9.59 Å². The van der Waals surface area contributed by atoms with Crippen LogP contribution in [0.2, 0.25) is 0 Å². The molecule has 3 rings (SSSR count). The molecule has 0 saturated heterocycles. The second kappa shape index (κ2) is 11.4. The number of thioether (sulfide) groups is 1. The molecule has 0 bridgehead atoms. The number of hydrogen-bond donors (Lipinski definition) is 3. The maximum absolute atomic E-state index is 12.2. The van der Waals surface area contributed by atoms with Crippen LogP contribution in [-0.4, -0.2) is 53.8 Å². The molecular formula is C26H32N2O5S. The number of carbonyl (C=O) groups is 3. The van der Waals surface area contributed by atoms with E-state index in [1.54, 1.807) is 0 Å². The molecule has 3 N–H and O–H groups in total. The van der Waals surface area contributed by atoms with Crippen molar-refractivity contribution >= 4 is 29.7 Å². The molecule has 0 aromatic heterocycles. The molecule has 0 heterocycles. The Bertz CT molecular complexity index is 988. The Kier molecular flexibility index (Phi) is 8.61. The second-order valence-electron chi connectivity index (χ2n) is 9.53. The second-order valence-corrected chi connectivity index (χ2v) is 10.6. The SMILES string of the molecule is CC(C)(C)CC(NC(=O)CSCCNC(=O)OCC1c2ccccc2-c2ccccc21)C(=O)O. The number of alkyl carbamates (subject to hydrolysis) is 1. The summed E-state index contributed by atoms with van der Waals surface area (Å²) in [4.78, 5) is 35.6. The normalized spacial score (nSPS) is 13.5. The molecule has 1 unspecified atom stereocenters. The molecule has 0 radical (unpaired) electrons. The van der Waals surface area contributed by atoms with Crippen molar-refractivity contribution in [1.29, 1.82) is 0 Å². The van der Waals surface area contributed by atoms with Gasteiger partial charge in [0.05, 0.1) is 5.75 Å². The van der Waals surface area contributed by atoms with E-state index in [2.05, 4.69) is 34.9 Å². The lowest BCUT2D eigenvalue weighted by Crippen LogP contribution is -2.43. The molecule has 182 valence electrons. The van der Waals surface area contributed by atoms with Crippen LogP contribution in [0.15, 0.2) is 48.5 Å². The van der Waals surface area contributed by atoms with Crippen LogP contribution in [0.4, 0.5) is 4.79 Å². The highest BCUT2D eigenvalue weighted by molar-refractivity contribution is 7.99. The lowest BCUT2D eigenvalue weighted by atomic mass is 9.88. The van der Waals surface area contributed by atoms with Gasteiger partial charge in [0, 0.05) is 18.2 Å². The van der Waals surface area contributed by atoms with Crippen molar-refractivity contribution in [2.45, 2.75) is 39.2 Å². The molecule has 0 aliphatic heterocycles. The van der Waals surface area contributed by atoms with Crippen LogP contribution in [0.25, 0.3) is 11.1 Å². The number of carboxylic acids is 1. The predicted molar refractivity (Wildman–Crippen MR) is 134 cm³/mol. The smallest absolute Gasteiger partial charge is 0.407 e. The molecule has 1 aliphatic carbocycles. The third-order valence-electron chi connectivity index (χ3n) is 5.54.